The number of hydrogen-bond donors (Lipinski definition) is 0. The molecule has 0 aliphatic heterocycles. The van der Waals surface area contributed by atoms with Crippen molar-refractivity contribution in [1.82, 2.24) is 0 Å². The van der Waals surface area contributed by atoms with E-state index >= 15 is 0 Å². The Morgan fingerprint density at radius 3 is 2.31 bits per heavy atom. The zero-order chi connectivity index (χ0) is 12.0. The van der Waals surface area contributed by atoms with Crippen molar-refractivity contribution < 1.29 is 4.74 Å². The molecule has 2 heteroatoms. The van der Waals surface area contributed by atoms with Crippen molar-refractivity contribution in [2.24, 2.45) is 5.92 Å². The van der Waals surface area contributed by atoms with Gasteiger partial charge in [0.1, 0.15) is 0 Å². The summed E-state index contributed by atoms with van der Waals surface area (Å²) in [5.74, 6) is 0.716. The van der Waals surface area contributed by atoms with Crippen molar-refractivity contribution >= 4 is 22.6 Å². The van der Waals surface area contributed by atoms with E-state index in [9.17, 15) is 0 Å². The molecule has 0 N–H and O–H groups in total. The van der Waals surface area contributed by atoms with Gasteiger partial charge in [0.15, 0.2) is 0 Å². The van der Waals surface area contributed by atoms with Crippen LogP contribution in [-0.4, -0.2) is 11.0 Å². The molecule has 0 aliphatic carbocycles. The van der Waals surface area contributed by atoms with Crippen LogP contribution in [0.15, 0.2) is 24.3 Å². The SMILES string of the molecule is Cc1ccc(C(CI)OCCC(C)C)cc1. The Hall–Kier alpha value is -0.0900. The van der Waals surface area contributed by atoms with E-state index in [-0.39, 0.29) is 6.10 Å². The molecule has 1 atom stereocenters. The zero-order valence-electron chi connectivity index (χ0n) is 10.4. The molecule has 16 heavy (non-hydrogen) atoms. The van der Waals surface area contributed by atoms with Gasteiger partial charge < -0.3 is 4.74 Å². The lowest BCUT2D eigenvalue weighted by Crippen LogP contribution is -2.08. The van der Waals surface area contributed by atoms with Crippen LogP contribution in [0, 0.1) is 12.8 Å². The molecule has 1 rings (SSSR count). The van der Waals surface area contributed by atoms with E-state index < -0.39 is 0 Å². The van der Waals surface area contributed by atoms with E-state index in [4.69, 9.17) is 4.74 Å². The lowest BCUT2D eigenvalue weighted by atomic mass is 10.1. The molecule has 0 spiro atoms. The van der Waals surface area contributed by atoms with Crippen molar-refractivity contribution in [3.8, 4) is 0 Å². The molecule has 0 saturated heterocycles. The molecule has 1 aromatic rings. The highest BCUT2D eigenvalue weighted by Crippen LogP contribution is 2.21. The zero-order valence-corrected chi connectivity index (χ0v) is 12.5. The van der Waals surface area contributed by atoms with Crippen LogP contribution in [-0.2, 0) is 4.74 Å². The molecule has 0 saturated carbocycles. The van der Waals surface area contributed by atoms with Crippen LogP contribution in [0.2, 0.25) is 0 Å². The second-order valence-corrected chi connectivity index (χ2v) is 5.49. The highest BCUT2D eigenvalue weighted by molar-refractivity contribution is 14.1. The molecule has 0 aliphatic rings. The lowest BCUT2D eigenvalue weighted by molar-refractivity contribution is 0.0633. The van der Waals surface area contributed by atoms with Gasteiger partial charge in [0.2, 0.25) is 0 Å². The van der Waals surface area contributed by atoms with Gasteiger partial charge in [-0.2, -0.15) is 0 Å². The van der Waals surface area contributed by atoms with Crippen LogP contribution < -0.4 is 0 Å². The summed E-state index contributed by atoms with van der Waals surface area (Å²) in [5, 5.41) is 0. The molecule has 0 aromatic heterocycles. The van der Waals surface area contributed by atoms with Gasteiger partial charge in [-0.25, -0.2) is 0 Å². The Bertz CT molecular complexity index is 292. The summed E-state index contributed by atoms with van der Waals surface area (Å²) in [5.41, 5.74) is 2.60. The number of halogens is 1. The van der Waals surface area contributed by atoms with Crippen LogP contribution in [0.5, 0.6) is 0 Å². The van der Waals surface area contributed by atoms with Gasteiger partial charge >= 0.3 is 0 Å². The highest BCUT2D eigenvalue weighted by atomic mass is 127. The first-order valence-corrected chi connectivity index (χ1v) is 7.40. The fraction of sp³-hybridized carbons (Fsp3) is 0.571. The molecule has 1 aromatic carbocycles. The van der Waals surface area contributed by atoms with Crippen molar-refractivity contribution in [3.05, 3.63) is 35.4 Å². The average molecular weight is 332 g/mol. The molecule has 0 heterocycles. The molecular formula is C14H21IO. The van der Waals surface area contributed by atoms with Crippen LogP contribution in [0.3, 0.4) is 0 Å². The monoisotopic (exact) mass is 332 g/mol. The third-order valence-corrected chi connectivity index (χ3v) is 3.40. The van der Waals surface area contributed by atoms with Crippen LogP contribution in [0.1, 0.15) is 37.5 Å². The second-order valence-electron chi connectivity index (χ2n) is 4.61. The Labute approximate surface area is 113 Å². The van der Waals surface area contributed by atoms with E-state index in [0.717, 1.165) is 17.5 Å². The normalized spacial score (nSPS) is 13.1. The maximum Gasteiger partial charge on any atom is 0.0914 e. The minimum atomic E-state index is 0.250. The van der Waals surface area contributed by atoms with Crippen LogP contribution in [0.4, 0.5) is 0 Å². The Morgan fingerprint density at radius 2 is 1.81 bits per heavy atom. The molecule has 0 fully saturated rings. The molecule has 90 valence electrons. The van der Waals surface area contributed by atoms with Gasteiger partial charge in [-0.15, -0.1) is 0 Å². The number of rotatable bonds is 6. The van der Waals surface area contributed by atoms with Gasteiger partial charge in [0.05, 0.1) is 6.10 Å². The van der Waals surface area contributed by atoms with E-state index in [2.05, 4.69) is 67.6 Å². The average Bonchev–Trinajstić information content (AvgIpc) is 2.26. The summed E-state index contributed by atoms with van der Waals surface area (Å²) in [6, 6.07) is 8.66. The Balaban J connectivity index is 2.50. The summed E-state index contributed by atoms with van der Waals surface area (Å²) in [6.45, 7) is 7.43. The maximum atomic E-state index is 5.92. The summed E-state index contributed by atoms with van der Waals surface area (Å²) >= 11 is 2.39. The number of alkyl halides is 1. The number of aryl methyl sites for hydroxylation is 1. The summed E-state index contributed by atoms with van der Waals surface area (Å²) < 4.78 is 6.93. The van der Waals surface area contributed by atoms with Gasteiger partial charge in [0, 0.05) is 11.0 Å². The minimum absolute atomic E-state index is 0.250. The molecule has 1 unspecified atom stereocenters. The van der Waals surface area contributed by atoms with E-state index in [0.29, 0.717) is 5.92 Å². The third-order valence-electron chi connectivity index (χ3n) is 2.60. The first-order chi connectivity index (χ1) is 7.63. The van der Waals surface area contributed by atoms with Gasteiger partial charge in [-0.1, -0.05) is 66.3 Å². The molecule has 0 amide bonds. The standard InChI is InChI=1S/C14H21IO/c1-11(2)8-9-16-14(10-15)13-6-4-12(3)5-7-13/h4-7,11,14H,8-10H2,1-3H3. The van der Waals surface area contributed by atoms with Gasteiger partial charge in [-0.3, -0.25) is 0 Å². The fourth-order valence-electron chi connectivity index (χ4n) is 1.46. The molecule has 0 radical (unpaired) electrons. The van der Waals surface area contributed by atoms with Gasteiger partial charge in [0.25, 0.3) is 0 Å². The highest BCUT2D eigenvalue weighted by Gasteiger charge is 2.10. The van der Waals surface area contributed by atoms with Crippen molar-refractivity contribution in [2.45, 2.75) is 33.3 Å². The lowest BCUT2D eigenvalue weighted by Gasteiger charge is -2.16. The number of benzene rings is 1. The Kier molecular flexibility index (Phi) is 6.36. The maximum absolute atomic E-state index is 5.92. The first-order valence-electron chi connectivity index (χ1n) is 5.87. The summed E-state index contributed by atoms with van der Waals surface area (Å²) in [4.78, 5) is 0. The minimum Gasteiger partial charge on any atom is -0.373 e. The number of hydrogen-bond acceptors (Lipinski definition) is 1. The van der Waals surface area contributed by atoms with Crippen molar-refractivity contribution in [2.75, 3.05) is 11.0 Å². The predicted molar refractivity (Wildman–Crippen MR) is 78.2 cm³/mol. The molecule has 1 nitrogen and oxygen atoms in total. The predicted octanol–water partition coefficient (Wildman–Crippen LogP) is 4.53. The second kappa shape index (κ2) is 7.28. The van der Waals surface area contributed by atoms with Crippen molar-refractivity contribution in [1.29, 1.82) is 0 Å². The van der Waals surface area contributed by atoms with Crippen LogP contribution in [0.25, 0.3) is 0 Å². The summed E-state index contributed by atoms with van der Waals surface area (Å²) in [7, 11) is 0. The largest absolute Gasteiger partial charge is 0.373 e. The van der Waals surface area contributed by atoms with Crippen molar-refractivity contribution in [3.63, 3.8) is 0 Å². The topological polar surface area (TPSA) is 9.23 Å². The first kappa shape index (κ1) is 14.0. The smallest absolute Gasteiger partial charge is 0.0914 e. The molecular weight excluding hydrogens is 311 g/mol. The Morgan fingerprint density at radius 1 is 1.19 bits per heavy atom. The fourth-order valence-corrected chi connectivity index (χ4v) is 2.22. The quantitative estimate of drug-likeness (QED) is 0.549. The summed E-state index contributed by atoms with van der Waals surface area (Å²) in [6.07, 6.45) is 1.39. The van der Waals surface area contributed by atoms with E-state index in [1.54, 1.807) is 0 Å². The van der Waals surface area contributed by atoms with Gasteiger partial charge in [-0.05, 0) is 24.8 Å². The van der Waals surface area contributed by atoms with E-state index in [1.807, 2.05) is 0 Å². The number of ether oxygens (including phenoxy) is 1. The third kappa shape index (κ3) is 4.83. The van der Waals surface area contributed by atoms with E-state index in [1.165, 1.54) is 11.1 Å². The molecule has 0 bridgehead atoms. The van der Waals surface area contributed by atoms with Crippen LogP contribution >= 0.6 is 22.6 Å².